The van der Waals surface area contributed by atoms with Gasteiger partial charge in [-0.1, -0.05) is 259 Å². The Balaban J connectivity index is 4.35. The zero-order valence-corrected chi connectivity index (χ0v) is 48.8. The molecular weight excluding hydrogens is 909 g/mol. The van der Waals surface area contributed by atoms with Gasteiger partial charge in [0.05, 0.1) is 6.61 Å². The molecule has 0 spiro atoms. The lowest BCUT2D eigenvalue weighted by atomic mass is 10.1. The van der Waals surface area contributed by atoms with Crippen molar-refractivity contribution in [2.24, 2.45) is 0 Å². The van der Waals surface area contributed by atoms with Crippen LogP contribution in [0.5, 0.6) is 0 Å². The Morgan fingerprint density at radius 2 is 0.608 bits per heavy atom. The van der Waals surface area contributed by atoms with Crippen molar-refractivity contribution in [1.82, 2.24) is 0 Å². The Morgan fingerprint density at radius 1 is 0.311 bits per heavy atom. The van der Waals surface area contributed by atoms with Crippen molar-refractivity contribution in [1.29, 1.82) is 0 Å². The molecule has 5 heteroatoms. The van der Waals surface area contributed by atoms with Crippen molar-refractivity contribution in [3.8, 4) is 0 Å². The summed E-state index contributed by atoms with van der Waals surface area (Å²) in [6.45, 7) is 7.64. The Bertz CT molecular complexity index is 1440. The van der Waals surface area contributed by atoms with E-state index in [1.807, 2.05) is 0 Å². The first-order valence-electron chi connectivity index (χ1n) is 31.4. The number of ether oxygens (including phenoxy) is 3. The van der Waals surface area contributed by atoms with E-state index in [4.69, 9.17) is 14.2 Å². The highest BCUT2D eigenvalue weighted by Gasteiger charge is 2.17. The molecule has 0 N–H and O–H groups in total. The summed E-state index contributed by atoms with van der Waals surface area (Å²) >= 11 is 0. The first-order valence-corrected chi connectivity index (χ1v) is 31.4. The number of hydrogen-bond donors (Lipinski definition) is 0. The fourth-order valence-electron chi connectivity index (χ4n) is 8.60. The maximum atomic E-state index is 12.9. The topological polar surface area (TPSA) is 61.8 Å². The molecule has 0 aromatic heterocycles. The van der Waals surface area contributed by atoms with Crippen LogP contribution < -0.4 is 0 Å². The van der Waals surface area contributed by atoms with Crippen molar-refractivity contribution in [2.75, 3.05) is 19.8 Å². The Morgan fingerprint density at radius 3 is 0.973 bits per heavy atom. The van der Waals surface area contributed by atoms with E-state index < -0.39 is 6.10 Å². The number of hydrogen-bond acceptors (Lipinski definition) is 5. The fourth-order valence-corrected chi connectivity index (χ4v) is 8.60. The zero-order valence-electron chi connectivity index (χ0n) is 48.8. The van der Waals surface area contributed by atoms with Gasteiger partial charge < -0.3 is 14.2 Å². The van der Waals surface area contributed by atoms with Crippen LogP contribution in [0, 0.1) is 0 Å². The van der Waals surface area contributed by atoms with Crippen LogP contribution >= 0.6 is 0 Å². The van der Waals surface area contributed by atoms with E-state index in [1.54, 1.807) is 0 Å². The molecule has 0 saturated heterocycles. The molecule has 0 aliphatic heterocycles. The van der Waals surface area contributed by atoms with Crippen molar-refractivity contribution in [2.45, 2.75) is 297 Å². The molecule has 0 aliphatic rings. The molecular formula is C69H118O5. The normalized spacial score (nSPS) is 13.0. The quantitative estimate of drug-likeness (QED) is 0.0345. The van der Waals surface area contributed by atoms with Gasteiger partial charge in [0.2, 0.25) is 0 Å². The third-order valence-electron chi connectivity index (χ3n) is 13.3. The van der Waals surface area contributed by atoms with Crippen LogP contribution in [0.15, 0.2) is 109 Å². The molecule has 0 heterocycles. The number of carbonyl (C=O) groups is 2. The van der Waals surface area contributed by atoms with E-state index in [2.05, 4.69) is 130 Å². The lowest BCUT2D eigenvalue weighted by Crippen LogP contribution is -2.30. The van der Waals surface area contributed by atoms with E-state index in [-0.39, 0.29) is 25.2 Å². The summed E-state index contributed by atoms with van der Waals surface area (Å²) in [5.41, 5.74) is 0. The fraction of sp³-hybridized carbons (Fsp3) is 0.710. The van der Waals surface area contributed by atoms with Crippen molar-refractivity contribution in [3.63, 3.8) is 0 Å². The number of carbonyl (C=O) groups excluding carboxylic acids is 2. The van der Waals surface area contributed by atoms with Gasteiger partial charge in [-0.3, -0.25) is 9.59 Å². The average molecular weight is 1030 g/mol. The molecule has 0 bridgehead atoms. The lowest BCUT2D eigenvalue weighted by Gasteiger charge is -2.18. The molecule has 1 atom stereocenters. The summed E-state index contributed by atoms with van der Waals surface area (Å²) in [5.74, 6) is -0.419. The van der Waals surface area contributed by atoms with Gasteiger partial charge in [-0.25, -0.2) is 0 Å². The van der Waals surface area contributed by atoms with Gasteiger partial charge in [0, 0.05) is 19.4 Å². The van der Waals surface area contributed by atoms with Crippen LogP contribution in [-0.4, -0.2) is 37.9 Å². The van der Waals surface area contributed by atoms with Crippen LogP contribution in [0.4, 0.5) is 0 Å². The van der Waals surface area contributed by atoms with E-state index in [1.165, 1.54) is 154 Å². The average Bonchev–Trinajstić information content (AvgIpc) is 3.40. The summed E-state index contributed by atoms with van der Waals surface area (Å²) in [6.07, 6.45) is 88.3. The molecule has 0 aromatic rings. The van der Waals surface area contributed by atoms with E-state index in [0.717, 1.165) is 103 Å². The molecule has 0 aromatic carbocycles. The SMILES string of the molecule is CC/C=C\C/C=C\C/C=C\C/C=C\CCCCCCCCCOCC(COC(=O)CCCCCCCC/C=C\C/C=C\C/C=C\CCCCC)OC(=O)CCCCCCCCCCC/C=C\C/C=C\CCCCC. The minimum Gasteiger partial charge on any atom is -0.462 e. The van der Waals surface area contributed by atoms with Crippen molar-refractivity contribution < 1.29 is 23.8 Å². The Hall–Kier alpha value is -3.44. The number of rotatable bonds is 57. The summed E-state index contributed by atoms with van der Waals surface area (Å²) in [4.78, 5) is 25.6. The molecule has 424 valence electrons. The van der Waals surface area contributed by atoms with Gasteiger partial charge in [0.25, 0.3) is 0 Å². The zero-order chi connectivity index (χ0) is 53.4. The Labute approximate surface area is 459 Å². The summed E-state index contributed by atoms with van der Waals surface area (Å²) < 4.78 is 17.5. The van der Waals surface area contributed by atoms with Gasteiger partial charge in [-0.05, 0) is 128 Å². The highest BCUT2D eigenvalue weighted by molar-refractivity contribution is 5.70. The lowest BCUT2D eigenvalue weighted by molar-refractivity contribution is -0.163. The molecule has 0 fully saturated rings. The van der Waals surface area contributed by atoms with Gasteiger partial charge in [-0.15, -0.1) is 0 Å². The predicted molar refractivity (Wildman–Crippen MR) is 325 cm³/mol. The van der Waals surface area contributed by atoms with E-state index in [9.17, 15) is 9.59 Å². The number of allylic oxidation sites excluding steroid dienone is 18. The van der Waals surface area contributed by atoms with E-state index >= 15 is 0 Å². The molecule has 1 unspecified atom stereocenters. The molecule has 0 saturated carbocycles. The summed E-state index contributed by atoms with van der Waals surface area (Å²) in [7, 11) is 0. The maximum Gasteiger partial charge on any atom is 0.306 e. The third-order valence-corrected chi connectivity index (χ3v) is 13.3. The number of esters is 2. The smallest absolute Gasteiger partial charge is 0.306 e. The molecule has 5 nitrogen and oxygen atoms in total. The van der Waals surface area contributed by atoms with Crippen LogP contribution in [0.3, 0.4) is 0 Å². The Kier molecular flexibility index (Phi) is 60.9. The van der Waals surface area contributed by atoms with Gasteiger partial charge in [0.1, 0.15) is 6.61 Å². The highest BCUT2D eigenvalue weighted by Crippen LogP contribution is 2.15. The van der Waals surface area contributed by atoms with Crippen LogP contribution in [0.1, 0.15) is 290 Å². The van der Waals surface area contributed by atoms with Crippen LogP contribution in [0.25, 0.3) is 0 Å². The van der Waals surface area contributed by atoms with Crippen LogP contribution in [0.2, 0.25) is 0 Å². The van der Waals surface area contributed by atoms with Crippen molar-refractivity contribution in [3.05, 3.63) is 109 Å². The number of unbranched alkanes of at least 4 members (excludes halogenated alkanes) is 28. The molecule has 0 amide bonds. The van der Waals surface area contributed by atoms with Gasteiger partial charge in [0.15, 0.2) is 6.10 Å². The standard InChI is InChI=1S/C69H118O5/c1-4-7-10-13-16-19-22-25-28-31-34-37-40-43-46-49-52-55-58-61-64-72-65-67(74-69(71)63-60-57-54-51-48-45-42-39-36-33-30-27-24-21-18-15-12-9-6-3)66-73-68(70)62-59-56-53-50-47-44-41-38-35-32-29-26-23-20-17-14-11-8-5-2/h7,10,16-21,25-30,34-35,37-38,67H,4-6,8-9,11-15,22-24,31-33,36,39-66H2,1-3H3/b10-7-,19-16-,20-17-,21-18-,28-25-,29-26-,30-27-,37-34-,38-35-. The first-order chi connectivity index (χ1) is 36.6. The summed E-state index contributed by atoms with van der Waals surface area (Å²) in [5, 5.41) is 0. The minimum atomic E-state index is -0.559. The van der Waals surface area contributed by atoms with Gasteiger partial charge >= 0.3 is 11.9 Å². The monoisotopic (exact) mass is 1030 g/mol. The predicted octanol–water partition coefficient (Wildman–Crippen LogP) is 21.9. The summed E-state index contributed by atoms with van der Waals surface area (Å²) in [6, 6.07) is 0. The largest absolute Gasteiger partial charge is 0.462 e. The highest BCUT2D eigenvalue weighted by atomic mass is 16.6. The second kappa shape index (κ2) is 63.8. The second-order valence-corrected chi connectivity index (χ2v) is 20.6. The maximum absolute atomic E-state index is 12.9. The molecule has 0 rings (SSSR count). The minimum absolute atomic E-state index is 0.0673. The molecule has 0 radical (unpaired) electrons. The van der Waals surface area contributed by atoms with E-state index in [0.29, 0.717) is 19.4 Å². The molecule has 0 aliphatic carbocycles. The van der Waals surface area contributed by atoms with Crippen LogP contribution in [-0.2, 0) is 23.8 Å². The van der Waals surface area contributed by atoms with Crippen molar-refractivity contribution >= 4 is 11.9 Å². The first kappa shape index (κ1) is 70.6. The molecule has 74 heavy (non-hydrogen) atoms. The second-order valence-electron chi connectivity index (χ2n) is 20.6. The van der Waals surface area contributed by atoms with Gasteiger partial charge in [-0.2, -0.15) is 0 Å². The third kappa shape index (κ3) is 61.1.